The Morgan fingerprint density at radius 2 is 1.50 bits per heavy atom. The summed E-state index contributed by atoms with van der Waals surface area (Å²) in [5.41, 5.74) is 0.427. The number of ether oxygens (including phenoxy) is 4. The van der Waals surface area contributed by atoms with Gasteiger partial charge in [-0.25, -0.2) is 14.4 Å². The summed E-state index contributed by atoms with van der Waals surface area (Å²) in [5, 5.41) is 0.611. The standard InChI is InChI=1S/C16H16O8/c1-9-4-14(17)24-11-6-13(23-8-16(19)21-3)12(5-10(9)11)22-7-15(18)20-2/h4-6H,7-8H2,1-3H3. The maximum atomic E-state index is 11.5. The summed E-state index contributed by atoms with van der Waals surface area (Å²) in [6.45, 7) is 1.03. The van der Waals surface area contributed by atoms with Gasteiger partial charge in [-0.15, -0.1) is 0 Å². The van der Waals surface area contributed by atoms with Crippen molar-refractivity contribution >= 4 is 22.9 Å². The van der Waals surface area contributed by atoms with Gasteiger partial charge in [-0.3, -0.25) is 0 Å². The lowest BCUT2D eigenvalue weighted by Gasteiger charge is -2.13. The van der Waals surface area contributed by atoms with Gasteiger partial charge in [-0.1, -0.05) is 0 Å². The molecule has 0 aliphatic carbocycles. The average Bonchev–Trinajstić information content (AvgIpc) is 2.57. The fourth-order valence-corrected chi connectivity index (χ4v) is 1.94. The molecule has 8 nitrogen and oxygen atoms in total. The van der Waals surface area contributed by atoms with Gasteiger partial charge in [0.25, 0.3) is 0 Å². The van der Waals surface area contributed by atoms with Crippen LogP contribution in [-0.2, 0) is 19.1 Å². The van der Waals surface area contributed by atoms with Crippen molar-refractivity contribution in [1.82, 2.24) is 0 Å². The molecule has 0 saturated carbocycles. The molecule has 1 heterocycles. The third kappa shape index (κ3) is 4.03. The van der Waals surface area contributed by atoms with Gasteiger partial charge >= 0.3 is 17.6 Å². The highest BCUT2D eigenvalue weighted by Gasteiger charge is 2.15. The Balaban J connectivity index is 2.42. The molecule has 0 amide bonds. The smallest absolute Gasteiger partial charge is 0.343 e. The third-order valence-corrected chi connectivity index (χ3v) is 3.16. The zero-order valence-electron chi connectivity index (χ0n) is 13.4. The first-order valence-corrected chi connectivity index (χ1v) is 6.92. The number of carbonyl (C=O) groups is 2. The fourth-order valence-electron chi connectivity index (χ4n) is 1.94. The molecule has 2 aromatic rings. The van der Waals surface area contributed by atoms with E-state index in [1.807, 2.05) is 0 Å². The van der Waals surface area contributed by atoms with E-state index in [0.29, 0.717) is 10.9 Å². The molecule has 0 atom stereocenters. The molecule has 128 valence electrons. The van der Waals surface area contributed by atoms with Crippen LogP contribution in [0.3, 0.4) is 0 Å². The maximum absolute atomic E-state index is 11.5. The predicted molar refractivity (Wildman–Crippen MR) is 82.2 cm³/mol. The van der Waals surface area contributed by atoms with Crippen molar-refractivity contribution in [2.75, 3.05) is 27.4 Å². The van der Waals surface area contributed by atoms with Gasteiger partial charge in [0.15, 0.2) is 24.7 Å². The predicted octanol–water partition coefficient (Wildman–Crippen LogP) is 1.21. The van der Waals surface area contributed by atoms with Gasteiger partial charge < -0.3 is 23.4 Å². The summed E-state index contributed by atoms with van der Waals surface area (Å²) < 4.78 is 24.8. The molecule has 1 aromatic carbocycles. The van der Waals surface area contributed by atoms with Gasteiger partial charge in [0, 0.05) is 17.5 Å². The first-order valence-electron chi connectivity index (χ1n) is 6.92. The van der Waals surface area contributed by atoms with Gasteiger partial charge in [0.2, 0.25) is 0 Å². The van der Waals surface area contributed by atoms with Crippen molar-refractivity contribution in [1.29, 1.82) is 0 Å². The minimum absolute atomic E-state index is 0.130. The lowest BCUT2D eigenvalue weighted by Crippen LogP contribution is -2.15. The summed E-state index contributed by atoms with van der Waals surface area (Å²) in [6.07, 6.45) is 0. The number of carbonyl (C=O) groups excluding carboxylic acids is 2. The molecule has 2 rings (SSSR count). The Morgan fingerprint density at radius 1 is 0.958 bits per heavy atom. The fraction of sp³-hybridized carbons (Fsp3) is 0.312. The monoisotopic (exact) mass is 336 g/mol. The quantitative estimate of drug-likeness (QED) is 0.573. The molecular weight excluding hydrogens is 320 g/mol. The molecule has 1 aromatic heterocycles. The summed E-state index contributed by atoms with van der Waals surface area (Å²) in [7, 11) is 2.46. The molecule has 0 spiro atoms. The summed E-state index contributed by atoms with van der Waals surface area (Å²) in [4.78, 5) is 34.0. The van der Waals surface area contributed by atoms with Gasteiger partial charge in [0.1, 0.15) is 5.58 Å². The first-order chi connectivity index (χ1) is 11.4. The average molecular weight is 336 g/mol. The zero-order chi connectivity index (χ0) is 17.7. The molecule has 0 saturated heterocycles. The van der Waals surface area contributed by atoms with E-state index in [-0.39, 0.29) is 30.3 Å². The molecule has 0 radical (unpaired) electrons. The van der Waals surface area contributed by atoms with E-state index >= 15 is 0 Å². The number of aryl methyl sites for hydroxylation is 1. The van der Waals surface area contributed by atoms with Crippen LogP contribution in [0.1, 0.15) is 5.56 Å². The van der Waals surface area contributed by atoms with Crippen LogP contribution in [-0.4, -0.2) is 39.4 Å². The van der Waals surface area contributed by atoms with Gasteiger partial charge in [0.05, 0.1) is 14.2 Å². The van der Waals surface area contributed by atoms with E-state index in [1.165, 1.54) is 26.4 Å². The lowest BCUT2D eigenvalue weighted by molar-refractivity contribution is -0.144. The van der Waals surface area contributed by atoms with Crippen LogP contribution in [0.5, 0.6) is 11.5 Å². The topological polar surface area (TPSA) is 101 Å². The van der Waals surface area contributed by atoms with Crippen LogP contribution in [0.2, 0.25) is 0 Å². The molecule has 24 heavy (non-hydrogen) atoms. The molecule has 0 unspecified atom stereocenters. The molecular formula is C16H16O8. The van der Waals surface area contributed by atoms with E-state index in [1.54, 1.807) is 13.0 Å². The Morgan fingerprint density at radius 3 is 2.04 bits per heavy atom. The molecule has 0 aliphatic rings. The summed E-state index contributed by atoms with van der Waals surface area (Å²) in [6, 6.07) is 4.31. The summed E-state index contributed by atoms with van der Waals surface area (Å²) in [5.74, 6) is -0.843. The molecule has 8 heteroatoms. The van der Waals surface area contributed by atoms with Crippen LogP contribution in [0, 0.1) is 6.92 Å². The van der Waals surface area contributed by atoms with Crippen LogP contribution in [0.25, 0.3) is 11.0 Å². The van der Waals surface area contributed by atoms with Crippen molar-refractivity contribution in [3.63, 3.8) is 0 Å². The van der Waals surface area contributed by atoms with Crippen molar-refractivity contribution < 1.29 is 33.0 Å². The number of methoxy groups -OCH3 is 2. The number of fused-ring (bicyclic) bond motifs is 1. The highest BCUT2D eigenvalue weighted by atomic mass is 16.6. The van der Waals surface area contributed by atoms with E-state index < -0.39 is 17.6 Å². The highest BCUT2D eigenvalue weighted by molar-refractivity contribution is 5.84. The SMILES string of the molecule is COC(=O)COc1cc2oc(=O)cc(C)c2cc1OCC(=O)OC. The molecule has 0 aliphatic heterocycles. The highest BCUT2D eigenvalue weighted by Crippen LogP contribution is 2.33. The van der Waals surface area contributed by atoms with E-state index in [2.05, 4.69) is 9.47 Å². The Hall–Kier alpha value is -3.03. The van der Waals surface area contributed by atoms with Crippen molar-refractivity contribution in [2.24, 2.45) is 0 Å². The Bertz CT molecular complexity index is 821. The van der Waals surface area contributed by atoms with Crippen molar-refractivity contribution in [3.05, 3.63) is 34.2 Å². The second-order valence-corrected chi connectivity index (χ2v) is 4.77. The number of benzene rings is 1. The lowest BCUT2D eigenvalue weighted by atomic mass is 10.1. The normalized spacial score (nSPS) is 10.3. The van der Waals surface area contributed by atoms with Gasteiger partial charge in [-0.05, 0) is 18.6 Å². The first kappa shape index (κ1) is 17.3. The van der Waals surface area contributed by atoms with E-state index in [0.717, 1.165) is 0 Å². The Kier molecular flexibility index (Phi) is 5.41. The summed E-state index contributed by atoms with van der Waals surface area (Å²) >= 11 is 0. The van der Waals surface area contributed by atoms with Crippen molar-refractivity contribution in [2.45, 2.75) is 6.92 Å². The second-order valence-electron chi connectivity index (χ2n) is 4.77. The van der Waals surface area contributed by atoms with E-state index in [9.17, 15) is 14.4 Å². The van der Waals surface area contributed by atoms with Crippen LogP contribution in [0.15, 0.2) is 27.4 Å². The number of hydrogen-bond acceptors (Lipinski definition) is 8. The number of hydrogen-bond donors (Lipinski definition) is 0. The van der Waals surface area contributed by atoms with Gasteiger partial charge in [-0.2, -0.15) is 0 Å². The zero-order valence-corrected chi connectivity index (χ0v) is 13.4. The molecule has 0 bridgehead atoms. The number of rotatable bonds is 6. The largest absolute Gasteiger partial charge is 0.478 e. The third-order valence-electron chi connectivity index (χ3n) is 3.16. The van der Waals surface area contributed by atoms with Crippen LogP contribution < -0.4 is 15.1 Å². The number of esters is 2. The van der Waals surface area contributed by atoms with E-state index in [4.69, 9.17) is 13.9 Å². The van der Waals surface area contributed by atoms with Crippen LogP contribution >= 0.6 is 0 Å². The minimum Gasteiger partial charge on any atom is -0.478 e. The second kappa shape index (κ2) is 7.49. The maximum Gasteiger partial charge on any atom is 0.343 e. The Labute approximate surface area is 136 Å². The molecule has 0 N–H and O–H groups in total. The minimum atomic E-state index is -0.597. The van der Waals surface area contributed by atoms with Crippen LogP contribution in [0.4, 0.5) is 0 Å². The van der Waals surface area contributed by atoms with Crippen molar-refractivity contribution in [3.8, 4) is 11.5 Å². The molecule has 0 fully saturated rings.